The smallest absolute Gasteiger partial charge is 0.410 e. The maximum absolute atomic E-state index is 13.8. The van der Waals surface area contributed by atoms with Crippen LogP contribution in [0.25, 0.3) is 10.2 Å². The van der Waals surface area contributed by atoms with Crippen molar-refractivity contribution in [3.63, 3.8) is 0 Å². The molecule has 0 saturated carbocycles. The molecule has 1 aromatic carbocycles. The summed E-state index contributed by atoms with van der Waals surface area (Å²) in [7, 11) is 0. The van der Waals surface area contributed by atoms with Gasteiger partial charge >= 0.3 is 6.09 Å². The molecule has 0 unspecified atom stereocenters. The van der Waals surface area contributed by atoms with Crippen molar-refractivity contribution in [2.45, 2.75) is 45.3 Å². The van der Waals surface area contributed by atoms with E-state index in [9.17, 15) is 14.0 Å². The van der Waals surface area contributed by atoms with Crippen LogP contribution < -0.4 is 10.6 Å². The molecule has 2 N–H and O–H groups in total. The number of likely N-dealkylation sites (tertiary alicyclic amines) is 1. The Bertz CT molecular complexity index is 1220. The van der Waals surface area contributed by atoms with Crippen molar-refractivity contribution >= 4 is 56.7 Å². The predicted molar refractivity (Wildman–Crippen MR) is 130 cm³/mol. The van der Waals surface area contributed by atoms with Crippen LogP contribution in [0.3, 0.4) is 0 Å². The van der Waals surface area contributed by atoms with Crippen molar-refractivity contribution in [3.05, 3.63) is 46.3 Å². The van der Waals surface area contributed by atoms with Gasteiger partial charge in [0.25, 0.3) is 5.91 Å². The number of aromatic nitrogens is 2. The molecule has 1 aliphatic rings. The number of hydrogen-bond donors (Lipinski definition) is 2. The van der Waals surface area contributed by atoms with E-state index >= 15 is 0 Å². The van der Waals surface area contributed by atoms with Crippen molar-refractivity contribution in [1.29, 1.82) is 0 Å². The normalized spacial score (nSPS) is 14.8. The number of nitrogens with one attached hydrogen (secondary N) is 2. The number of hydrogen-bond acceptors (Lipinski definition) is 7. The summed E-state index contributed by atoms with van der Waals surface area (Å²) in [4.78, 5) is 36.4. The molecule has 0 radical (unpaired) electrons. The Balaban J connectivity index is 1.40. The number of nitrogens with zero attached hydrogens (tertiary/aromatic N) is 3. The summed E-state index contributed by atoms with van der Waals surface area (Å²) in [5.41, 5.74) is -0.0578. The number of anilines is 2. The lowest BCUT2D eigenvalue weighted by atomic mass is 10.1. The van der Waals surface area contributed by atoms with Crippen LogP contribution in [-0.4, -0.2) is 51.6 Å². The fraction of sp³-hybridized carbons (Fsp3) is 0.391. The second-order valence-electron chi connectivity index (χ2n) is 9.02. The Morgan fingerprint density at radius 3 is 2.62 bits per heavy atom. The van der Waals surface area contributed by atoms with Crippen LogP contribution in [0.1, 0.15) is 43.3 Å². The number of rotatable bonds is 4. The Labute approximate surface area is 205 Å². The van der Waals surface area contributed by atoms with Gasteiger partial charge in [0.2, 0.25) is 0 Å². The minimum atomic E-state index is -0.542. The summed E-state index contributed by atoms with van der Waals surface area (Å²) in [5.74, 6) is -0.282. The highest BCUT2D eigenvalue weighted by molar-refractivity contribution is 7.20. The number of ether oxygens (including phenoxy) is 1. The summed E-state index contributed by atoms with van der Waals surface area (Å²) in [6.45, 7) is 6.54. The third-order valence-corrected chi connectivity index (χ3v) is 6.57. The van der Waals surface area contributed by atoms with Crippen LogP contribution in [0.4, 0.5) is 20.7 Å². The monoisotopic (exact) mass is 505 g/mol. The SMILES string of the molecule is CC(C)(C)OC(=O)N1CCC(NC(=O)c2cc3c(Nc4ccc(Cl)c(F)c4)ncnc3s2)CC1. The van der Waals surface area contributed by atoms with Crippen molar-refractivity contribution in [2.24, 2.45) is 0 Å². The van der Waals surface area contributed by atoms with E-state index < -0.39 is 11.4 Å². The number of halogens is 2. The Kier molecular flexibility index (Phi) is 6.90. The molecule has 0 spiro atoms. The standard InChI is InChI=1S/C23H25ClFN5O3S/c1-23(2,3)33-22(32)30-8-6-13(7-9-30)29-20(31)18-11-15-19(26-12-27-21(15)34-18)28-14-4-5-16(24)17(25)10-14/h4-5,10-13H,6-9H2,1-3H3,(H,29,31)(H,26,27,28). The lowest BCUT2D eigenvalue weighted by Gasteiger charge is -2.33. The molecule has 0 atom stereocenters. The van der Waals surface area contributed by atoms with Gasteiger partial charge in [-0.15, -0.1) is 11.3 Å². The molecular weight excluding hydrogens is 481 g/mol. The number of carbonyl (C=O) groups is 2. The zero-order valence-electron chi connectivity index (χ0n) is 19.0. The fourth-order valence-electron chi connectivity index (χ4n) is 3.57. The largest absolute Gasteiger partial charge is 0.444 e. The van der Waals surface area contributed by atoms with E-state index in [0.29, 0.717) is 52.5 Å². The second-order valence-corrected chi connectivity index (χ2v) is 10.5. The van der Waals surface area contributed by atoms with Gasteiger partial charge in [0.15, 0.2) is 0 Å². The van der Waals surface area contributed by atoms with Gasteiger partial charge in [-0.25, -0.2) is 19.2 Å². The van der Waals surface area contributed by atoms with Crippen LogP contribution in [0.2, 0.25) is 5.02 Å². The van der Waals surface area contributed by atoms with Gasteiger partial charge in [-0.3, -0.25) is 4.79 Å². The zero-order valence-corrected chi connectivity index (χ0v) is 20.6. The lowest BCUT2D eigenvalue weighted by Crippen LogP contribution is -2.47. The van der Waals surface area contributed by atoms with Crippen LogP contribution in [0, 0.1) is 5.82 Å². The van der Waals surface area contributed by atoms with Gasteiger partial charge in [-0.1, -0.05) is 11.6 Å². The van der Waals surface area contributed by atoms with Crippen molar-refractivity contribution in [1.82, 2.24) is 20.2 Å². The molecule has 1 aliphatic heterocycles. The first-order chi connectivity index (χ1) is 16.1. The molecule has 3 aromatic rings. The molecule has 1 saturated heterocycles. The summed E-state index contributed by atoms with van der Waals surface area (Å²) >= 11 is 7.00. The van der Waals surface area contributed by atoms with E-state index in [0.717, 1.165) is 0 Å². The lowest BCUT2D eigenvalue weighted by molar-refractivity contribution is 0.0200. The minimum absolute atomic E-state index is 0.0322. The molecule has 34 heavy (non-hydrogen) atoms. The topological polar surface area (TPSA) is 96.5 Å². The Morgan fingerprint density at radius 1 is 1.21 bits per heavy atom. The van der Waals surface area contributed by atoms with Gasteiger partial charge in [-0.05, 0) is 57.9 Å². The maximum Gasteiger partial charge on any atom is 0.410 e. The van der Waals surface area contributed by atoms with E-state index in [-0.39, 0.29) is 23.1 Å². The number of piperidine rings is 1. The summed E-state index contributed by atoms with van der Waals surface area (Å²) in [5, 5.41) is 6.79. The van der Waals surface area contributed by atoms with Gasteiger partial charge in [0.1, 0.15) is 28.4 Å². The predicted octanol–water partition coefficient (Wildman–Crippen LogP) is 5.36. The molecular formula is C23H25ClFN5O3S. The number of benzene rings is 1. The Morgan fingerprint density at radius 2 is 1.94 bits per heavy atom. The third-order valence-electron chi connectivity index (χ3n) is 5.22. The molecule has 1 fully saturated rings. The van der Waals surface area contributed by atoms with Gasteiger partial charge < -0.3 is 20.3 Å². The second kappa shape index (κ2) is 9.71. The highest BCUT2D eigenvalue weighted by Crippen LogP contribution is 2.31. The summed E-state index contributed by atoms with van der Waals surface area (Å²) in [6, 6.07) is 6.05. The van der Waals surface area contributed by atoms with Gasteiger partial charge in [-0.2, -0.15) is 0 Å². The van der Waals surface area contributed by atoms with Crippen LogP contribution in [0.5, 0.6) is 0 Å². The van der Waals surface area contributed by atoms with E-state index in [1.54, 1.807) is 17.0 Å². The average molecular weight is 506 g/mol. The quantitative estimate of drug-likeness (QED) is 0.495. The third kappa shape index (κ3) is 5.74. The minimum Gasteiger partial charge on any atom is -0.444 e. The first-order valence-corrected chi connectivity index (χ1v) is 12.0. The molecule has 8 nitrogen and oxygen atoms in total. The van der Waals surface area contributed by atoms with E-state index in [2.05, 4.69) is 20.6 Å². The van der Waals surface area contributed by atoms with E-state index in [4.69, 9.17) is 16.3 Å². The highest BCUT2D eigenvalue weighted by atomic mass is 35.5. The number of amides is 2. The number of fused-ring (bicyclic) bond motifs is 1. The highest BCUT2D eigenvalue weighted by Gasteiger charge is 2.28. The van der Waals surface area contributed by atoms with Crippen LogP contribution >= 0.6 is 22.9 Å². The molecule has 0 bridgehead atoms. The van der Waals surface area contributed by atoms with Crippen LogP contribution in [0.15, 0.2) is 30.6 Å². The first-order valence-electron chi connectivity index (χ1n) is 10.8. The zero-order chi connectivity index (χ0) is 24.5. The van der Waals surface area contributed by atoms with Gasteiger partial charge in [0.05, 0.1) is 15.3 Å². The maximum atomic E-state index is 13.8. The van der Waals surface area contributed by atoms with Crippen molar-refractivity contribution in [3.8, 4) is 0 Å². The molecule has 2 amide bonds. The molecule has 11 heteroatoms. The average Bonchev–Trinajstić information content (AvgIpc) is 3.21. The van der Waals surface area contributed by atoms with E-state index in [1.807, 2.05) is 20.8 Å². The molecule has 0 aliphatic carbocycles. The summed E-state index contributed by atoms with van der Waals surface area (Å²) < 4.78 is 19.2. The van der Waals surface area contributed by atoms with Crippen LogP contribution in [-0.2, 0) is 4.74 Å². The Hall–Kier alpha value is -2.98. The molecule has 2 aromatic heterocycles. The summed E-state index contributed by atoms with van der Waals surface area (Å²) in [6.07, 6.45) is 2.34. The van der Waals surface area contributed by atoms with Crippen molar-refractivity contribution < 1.29 is 18.7 Å². The number of thiophene rings is 1. The van der Waals surface area contributed by atoms with Crippen molar-refractivity contribution in [2.75, 3.05) is 18.4 Å². The fourth-order valence-corrected chi connectivity index (χ4v) is 4.59. The van der Waals surface area contributed by atoms with E-state index in [1.165, 1.54) is 29.8 Å². The molecule has 4 rings (SSSR count). The first kappa shape index (κ1) is 24.2. The molecule has 180 valence electrons. The number of carbonyl (C=O) groups excluding carboxylic acids is 2. The molecule has 3 heterocycles. The van der Waals surface area contributed by atoms with Gasteiger partial charge in [0, 0.05) is 24.8 Å².